The van der Waals surface area contributed by atoms with Crippen LogP contribution in [0.3, 0.4) is 0 Å². The summed E-state index contributed by atoms with van der Waals surface area (Å²) in [6.45, 7) is 2.14. The van der Waals surface area contributed by atoms with Gasteiger partial charge in [-0.2, -0.15) is 0 Å². The van der Waals surface area contributed by atoms with Crippen molar-refractivity contribution in [2.75, 3.05) is 19.8 Å². The molecular weight excluding hydrogens is 158 g/mol. The first-order chi connectivity index (χ1) is 5.86. The molecular formula is C8H13NO3. The molecule has 4 nitrogen and oxygen atoms in total. The molecule has 0 aromatic carbocycles. The van der Waals surface area contributed by atoms with Crippen molar-refractivity contribution in [2.45, 2.75) is 25.0 Å². The second kappa shape index (κ2) is 3.41. The molecule has 4 heteroatoms. The van der Waals surface area contributed by atoms with Crippen LogP contribution < -0.4 is 5.32 Å². The molecule has 2 atom stereocenters. The van der Waals surface area contributed by atoms with Gasteiger partial charge in [0.1, 0.15) is 6.10 Å². The fourth-order valence-electron chi connectivity index (χ4n) is 1.30. The molecule has 0 unspecified atom stereocenters. The zero-order chi connectivity index (χ0) is 8.39. The van der Waals surface area contributed by atoms with Crippen LogP contribution >= 0.6 is 0 Å². The Morgan fingerprint density at radius 2 is 2.33 bits per heavy atom. The van der Waals surface area contributed by atoms with Crippen LogP contribution in [0.5, 0.6) is 0 Å². The van der Waals surface area contributed by atoms with Crippen molar-refractivity contribution in [1.82, 2.24) is 5.32 Å². The Morgan fingerprint density at radius 1 is 1.50 bits per heavy atom. The highest BCUT2D eigenvalue weighted by molar-refractivity contribution is 5.80. The minimum absolute atomic E-state index is 0.0167. The molecule has 0 aromatic heterocycles. The van der Waals surface area contributed by atoms with E-state index in [4.69, 9.17) is 9.47 Å². The van der Waals surface area contributed by atoms with Crippen LogP contribution in [-0.4, -0.2) is 37.9 Å². The first kappa shape index (κ1) is 8.01. The topological polar surface area (TPSA) is 50.9 Å². The van der Waals surface area contributed by atoms with Gasteiger partial charge in [-0.05, 0) is 12.8 Å². The molecule has 2 saturated heterocycles. The summed E-state index contributed by atoms with van der Waals surface area (Å²) in [6, 6.07) is 0. The van der Waals surface area contributed by atoms with Gasteiger partial charge in [-0.3, -0.25) is 4.79 Å². The Hall–Kier alpha value is -0.610. The molecule has 12 heavy (non-hydrogen) atoms. The first-order valence-corrected chi connectivity index (χ1v) is 4.37. The van der Waals surface area contributed by atoms with Gasteiger partial charge in [0.25, 0.3) is 0 Å². The molecule has 2 aliphatic rings. The maximum atomic E-state index is 11.3. The number of carbonyl (C=O) groups is 1. The largest absolute Gasteiger partial charge is 0.371 e. The molecule has 2 aliphatic heterocycles. The van der Waals surface area contributed by atoms with Crippen molar-refractivity contribution < 1.29 is 14.3 Å². The number of nitrogens with one attached hydrogen (secondary N) is 1. The Balaban J connectivity index is 1.67. The Bertz CT molecular complexity index is 173. The van der Waals surface area contributed by atoms with E-state index in [1.807, 2.05) is 0 Å². The second-order valence-corrected chi connectivity index (χ2v) is 3.20. The van der Waals surface area contributed by atoms with Gasteiger partial charge in [0.15, 0.2) is 0 Å². The number of carbonyl (C=O) groups excluding carboxylic acids is 1. The zero-order valence-electron chi connectivity index (χ0n) is 6.91. The quantitative estimate of drug-likeness (QED) is 0.592. The van der Waals surface area contributed by atoms with E-state index in [2.05, 4.69) is 5.32 Å². The molecule has 2 rings (SSSR count). The van der Waals surface area contributed by atoms with Crippen LogP contribution in [0.15, 0.2) is 0 Å². The molecule has 0 spiro atoms. The molecule has 0 bridgehead atoms. The molecule has 1 N–H and O–H groups in total. The molecule has 2 heterocycles. The van der Waals surface area contributed by atoms with Gasteiger partial charge >= 0.3 is 0 Å². The third kappa shape index (κ3) is 1.95. The van der Waals surface area contributed by atoms with Crippen LogP contribution in [-0.2, 0) is 14.3 Å². The van der Waals surface area contributed by atoms with Crippen molar-refractivity contribution in [3.8, 4) is 0 Å². The maximum Gasteiger partial charge on any atom is 0.249 e. The molecule has 0 radical (unpaired) electrons. The second-order valence-electron chi connectivity index (χ2n) is 3.20. The maximum absolute atomic E-state index is 11.3. The zero-order valence-corrected chi connectivity index (χ0v) is 6.91. The fourth-order valence-corrected chi connectivity index (χ4v) is 1.30. The number of rotatable bonds is 3. The summed E-state index contributed by atoms with van der Waals surface area (Å²) in [6.07, 6.45) is 1.91. The predicted octanol–water partition coefficient (Wildman–Crippen LogP) is -0.320. The molecule has 0 aromatic rings. The molecule has 0 saturated carbocycles. The van der Waals surface area contributed by atoms with Gasteiger partial charge in [-0.25, -0.2) is 0 Å². The van der Waals surface area contributed by atoms with Gasteiger partial charge in [0.2, 0.25) is 5.91 Å². The highest BCUT2D eigenvalue weighted by atomic mass is 16.6. The van der Waals surface area contributed by atoms with E-state index in [1.54, 1.807) is 0 Å². The standard InChI is InChI=1S/C8H13NO3/c10-8(7-2-1-3-11-7)9-4-6-5-12-6/h6-7H,1-5H2,(H,9,10)/t6-,7+/m0/s1. The molecule has 1 amide bonds. The first-order valence-electron chi connectivity index (χ1n) is 4.37. The third-order valence-electron chi connectivity index (χ3n) is 2.13. The molecule has 2 fully saturated rings. The minimum Gasteiger partial charge on any atom is -0.371 e. The average molecular weight is 171 g/mol. The number of epoxide rings is 1. The van der Waals surface area contributed by atoms with Crippen molar-refractivity contribution in [2.24, 2.45) is 0 Å². The third-order valence-corrected chi connectivity index (χ3v) is 2.13. The number of hydrogen-bond acceptors (Lipinski definition) is 3. The van der Waals surface area contributed by atoms with Crippen molar-refractivity contribution in [3.63, 3.8) is 0 Å². The predicted molar refractivity (Wildman–Crippen MR) is 41.7 cm³/mol. The van der Waals surface area contributed by atoms with Gasteiger partial charge < -0.3 is 14.8 Å². The summed E-state index contributed by atoms with van der Waals surface area (Å²) in [5.41, 5.74) is 0. The van der Waals surface area contributed by atoms with E-state index in [0.29, 0.717) is 6.54 Å². The summed E-state index contributed by atoms with van der Waals surface area (Å²) < 4.78 is 10.2. The summed E-state index contributed by atoms with van der Waals surface area (Å²) >= 11 is 0. The van der Waals surface area contributed by atoms with Crippen LogP contribution in [0.2, 0.25) is 0 Å². The summed E-state index contributed by atoms with van der Waals surface area (Å²) in [7, 11) is 0. The lowest BCUT2D eigenvalue weighted by atomic mass is 10.2. The number of ether oxygens (including phenoxy) is 2. The van der Waals surface area contributed by atoms with Crippen LogP contribution in [0, 0.1) is 0 Å². The number of hydrogen-bond donors (Lipinski definition) is 1. The lowest BCUT2D eigenvalue weighted by molar-refractivity contribution is -0.130. The van der Waals surface area contributed by atoms with E-state index in [9.17, 15) is 4.79 Å². The lowest BCUT2D eigenvalue weighted by Crippen LogP contribution is -2.36. The van der Waals surface area contributed by atoms with Gasteiger partial charge in [-0.1, -0.05) is 0 Å². The smallest absolute Gasteiger partial charge is 0.249 e. The van der Waals surface area contributed by atoms with Crippen LogP contribution in [0.25, 0.3) is 0 Å². The minimum atomic E-state index is -0.205. The van der Waals surface area contributed by atoms with Crippen LogP contribution in [0.4, 0.5) is 0 Å². The van der Waals surface area contributed by atoms with Crippen molar-refractivity contribution in [1.29, 1.82) is 0 Å². The van der Waals surface area contributed by atoms with Crippen molar-refractivity contribution in [3.05, 3.63) is 0 Å². The normalized spacial score (nSPS) is 33.3. The fraction of sp³-hybridized carbons (Fsp3) is 0.875. The van der Waals surface area contributed by atoms with E-state index >= 15 is 0 Å². The average Bonchev–Trinajstić information content (AvgIpc) is 2.74. The van der Waals surface area contributed by atoms with Gasteiger partial charge in [-0.15, -0.1) is 0 Å². The SMILES string of the molecule is O=C(NC[C@H]1CO1)[C@H]1CCCO1. The highest BCUT2D eigenvalue weighted by Crippen LogP contribution is 2.12. The Labute approximate surface area is 71.2 Å². The summed E-state index contributed by atoms with van der Waals surface area (Å²) in [5, 5.41) is 2.80. The summed E-state index contributed by atoms with van der Waals surface area (Å²) in [5.74, 6) is 0.0167. The lowest BCUT2D eigenvalue weighted by Gasteiger charge is -2.08. The van der Waals surface area contributed by atoms with E-state index in [1.165, 1.54) is 0 Å². The number of amides is 1. The Morgan fingerprint density at radius 3 is 2.92 bits per heavy atom. The highest BCUT2D eigenvalue weighted by Gasteiger charge is 2.27. The van der Waals surface area contributed by atoms with E-state index in [-0.39, 0.29) is 18.1 Å². The van der Waals surface area contributed by atoms with Gasteiger partial charge in [0.05, 0.1) is 12.7 Å². The monoisotopic (exact) mass is 171 g/mol. The summed E-state index contributed by atoms with van der Waals surface area (Å²) in [4.78, 5) is 11.3. The van der Waals surface area contributed by atoms with E-state index < -0.39 is 0 Å². The van der Waals surface area contributed by atoms with E-state index in [0.717, 1.165) is 26.1 Å². The molecule has 0 aliphatic carbocycles. The van der Waals surface area contributed by atoms with Crippen LogP contribution in [0.1, 0.15) is 12.8 Å². The van der Waals surface area contributed by atoms with Crippen molar-refractivity contribution >= 4 is 5.91 Å². The molecule has 68 valence electrons. The Kier molecular flexibility index (Phi) is 2.28. The van der Waals surface area contributed by atoms with Gasteiger partial charge in [0, 0.05) is 13.2 Å².